The van der Waals surface area contributed by atoms with Crippen LogP contribution in [0.2, 0.25) is 5.02 Å². The lowest BCUT2D eigenvalue weighted by atomic mass is 9.88. The highest BCUT2D eigenvalue weighted by Crippen LogP contribution is 2.32. The number of benzene rings is 1. The van der Waals surface area contributed by atoms with Gasteiger partial charge in [0.05, 0.1) is 34.5 Å². The summed E-state index contributed by atoms with van der Waals surface area (Å²) in [4.78, 5) is 26.1. The number of aromatic amines is 2. The number of rotatable bonds is 8. The first-order chi connectivity index (χ1) is 17.0. The molecule has 9 nitrogen and oxygen atoms in total. The molecule has 0 unspecified atom stereocenters. The Morgan fingerprint density at radius 3 is 2.89 bits per heavy atom. The minimum Gasteiger partial charge on any atom is -0.382 e. The fourth-order valence-corrected chi connectivity index (χ4v) is 5.03. The molecule has 1 aliphatic heterocycles. The third-order valence-electron chi connectivity index (χ3n) is 6.66. The molecule has 4 N–H and O–H groups in total. The number of aromatic nitrogens is 5. The number of nitrogens with zero attached hydrogens (tertiary/aromatic N) is 4. The van der Waals surface area contributed by atoms with Gasteiger partial charge in [0.15, 0.2) is 0 Å². The van der Waals surface area contributed by atoms with E-state index in [1.165, 1.54) is 11.8 Å². The first-order valence-electron chi connectivity index (χ1n) is 11.9. The first-order valence-corrected chi connectivity index (χ1v) is 12.2. The number of nitrogens with one attached hydrogen (secondary N) is 4. The molecule has 1 aromatic carbocycles. The van der Waals surface area contributed by atoms with Crippen molar-refractivity contribution in [1.29, 1.82) is 5.41 Å². The normalized spacial score (nSPS) is 15.0. The Balaban J connectivity index is 1.39. The quantitative estimate of drug-likeness (QED) is 0.277. The van der Waals surface area contributed by atoms with Gasteiger partial charge in [0.25, 0.3) is 5.56 Å². The van der Waals surface area contributed by atoms with Crippen molar-refractivity contribution in [1.82, 2.24) is 29.6 Å². The van der Waals surface area contributed by atoms with Crippen molar-refractivity contribution in [2.24, 2.45) is 0 Å². The van der Waals surface area contributed by atoms with Crippen molar-refractivity contribution in [3.8, 4) is 11.4 Å². The summed E-state index contributed by atoms with van der Waals surface area (Å²) in [6.45, 7) is 6.00. The maximum absolute atomic E-state index is 12.8. The van der Waals surface area contributed by atoms with Crippen LogP contribution in [0, 0.1) is 12.3 Å². The van der Waals surface area contributed by atoms with Gasteiger partial charge in [-0.2, -0.15) is 5.10 Å². The number of H-pyrrole nitrogens is 2. The number of anilines is 1. The van der Waals surface area contributed by atoms with Crippen molar-refractivity contribution in [2.45, 2.75) is 32.2 Å². The topological polar surface area (TPSA) is 118 Å². The average Bonchev–Trinajstić information content (AvgIpc) is 3.46. The number of halogens is 1. The molecule has 10 heteroatoms. The van der Waals surface area contributed by atoms with Gasteiger partial charge in [0.1, 0.15) is 11.4 Å². The molecule has 0 saturated carbocycles. The van der Waals surface area contributed by atoms with E-state index in [-0.39, 0.29) is 5.56 Å². The van der Waals surface area contributed by atoms with Gasteiger partial charge in [-0.05, 0) is 62.0 Å². The third-order valence-corrected chi connectivity index (χ3v) is 6.86. The summed E-state index contributed by atoms with van der Waals surface area (Å²) >= 11 is 5.94. The summed E-state index contributed by atoms with van der Waals surface area (Å²) in [7, 11) is 0. The fraction of sp³-hybridized carbons (Fsp3) is 0.360. The number of aryl methyl sites for hydroxylation is 1. The van der Waals surface area contributed by atoms with E-state index in [0.29, 0.717) is 41.1 Å². The summed E-state index contributed by atoms with van der Waals surface area (Å²) in [5.41, 5.74) is 5.22. The highest BCUT2D eigenvalue weighted by Gasteiger charge is 2.22. The van der Waals surface area contributed by atoms with E-state index in [1.807, 2.05) is 6.07 Å². The standard InChI is InChI=1S/C25H29ClN8O/c1-16-12-18(17-3-8-33(9-4-17)10-5-27)13-21-23(16)32-24(31-21)22-20(2-6-29-25(22)35)28-7-11-34-15-19(26)14-30-34/h2,5-6,12-15,17,27H,3-4,7-11H2,1H3,(H,31,32)(H2,28,29,35). The SMILES string of the molecule is Cc1cc(C2CCN(CC=N)CC2)cc2[nH]c(-c3c(NCCn4cc(Cl)cn4)cc[nH]c3=O)nc12. The molecule has 4 heterocycles. The highest BCUT2D eigenvalue weighted by molar-refractivity contribution is 6.30. The van der Waals surface area contributed by atoms with E-state index in [9.17, 15) is 4.79 Å². The fourth-order valence-electron chi connectivity index (χ4n) is 4.88. The molecule has 182 valence electrons. The van der Waals surface area contributed by atoms with Crippen LogP contribution in [0.15, 0.2) is 41.6 Å². The Morgan fingerprint density at radius 1 is 1.31 bits per heavy atom. The molecular formula is C25H29ClN8O. The molecule has 0 aliphatic carbocycles. The van der Waals surface area contributed by atoms with Gasteiger partial charge in [-0.1, -0.05) is 17.7 Å². The minimum atomic E-state index is -0.201. The average molecular weight is 493 g/mol. The maximum Gasteiger partial charge on any atom is 0.261 e. The van der Waals surface area contributed by atoms with Crippen LogP contribution in [0.1, 0.15) is 29.9 Å². The molecule has 0 atom stereocenters. The molecule has 5 rings (SSSR count). The van der Waals surface area contributed by atoms with Gasteiger partial charge in [0.2, 0.25) is 0 Å². The van der Waals surface area contributed by atoms with Crippen LogP contribution in [-0.2, 0) is 6.54 Å². The van der Waals surface area contributed by atoms with Crippen molar-refractivity contribution < 1.29 is 0 Å². The number of hydrogen-bond acceptors (Lipinski definition) is 6. The molecular weight excluding hydrogens is 464 g/mol. The zero-order valence-corrected chi connectivity index (χ0v) is 20.4. The molecule has 1 fully saturated rings. The Morgan fingerprint density at radius 2 is 2.14 bits per heavy atom. The van der Waals surface area contributed by atoms with Crippen molar-refractivity contribution in [3.05, 3.63) is 63.3 Å². The number of imidazole rings is 1. The van der Waals surface area contributed by atoms with Gasteiger partial charge in [-0.15, -0.1) is 0 Å². The number of fused-ring (bicyclic) bond motifs is 1. The zero-order chi connectivity index (χ0) is 24.4. The molecule has 0 bridgehead atoms. The van der Waals surface area contributed by atoms with Crippen LogP contribution in [0.25, 0.3) is 22.4 Å². The van der Waals surface area contributed by atoms with Crippen molar-refractivity contribution in [2.75, 3.05) is 31.5 Å². The van der Waals surface area contributed by atoms with Gasteiger partial charge < -0.3 is 20.7 Å². The van der Waals surface area contributed by atoms with Gasteiger partial charge in [0, 0.05) is 31.7 Å². The predicted octanol–water partition coefficient (Wildman–Crippen LogP) is 4.02. The lowest BCUT2D eigenvalue weighted by Gasteiger charge is -2.31. The second kappa shape index (κ2) is 10.1. The number of pyridine rings is 1. The number of piperidine rings is 1. The summed E-state index contributed by atoms with van der Waals surface area (Å²) in [5, 5.41) is 15.5. The smallest absolute Gasteiger partial charge is 0.261 e. The molecule has 0 amide bonds. The Hall–Kier alpha value is -3.43. The highest BCUT2D eigenvalue weighted by atomic mass is 35.5. The Kier molecular flexibility index (Phi) is 6.70. The minimum absolute atomic E-state index is 0.201. The lowest BCUT2D eigenvalue weighted by molar-refractivity contribution is 0.240. The number of likely N-dealkylation sites (tertiary alicyclic amines) is 1. The van der Waals surface area contributed by atoms with E-state index in [2.05, 4.69) is 44.3 Å². The Labute approximate surface area is 208 Å². The molecule has 35 heavy (non-hydrogen) atoms. The molecule has 1 saturated heterocycles. The Bertz CT molecular complexity index is 1400. The predicted molar refractivity (Wildman–Crippen MR) is 140 cm³/mol. The molecule has 0 spiro atoms. The van der Waals surface area contributed by atoms with Gasteiger partial charge in [-0.3, -0.25) is 14.4 Å². The summed E-state index contributed by atoms with van der Waals surface area (Å²) in [6, 6.07) is 6.26. The van der Waals surface area contributed by atoms with E-state index in [1.54, 1.807) is 23.3 Å². The molecule has 0 radical (unpaired) electrons. The van der Waals surface area contributed by atoms with Crippen LogP contribution in [0.5, 0.6) is 0 Å². The van der Waals surface area contributed by atoms with Crippen molar-refractivity contribution >= 4 is 34.5 Å². The van der Waals surface area contributed by atoms with Gasteiger partial charge >= 0.3 is 0 Å². The van der Waals surface area contributed by atoms with E-state index in [0.717, 1.165) is 49.1 Å². The zero-order valence-electron chi connectivity index (χ0n) is 19.6. The number of hydrogen-bond donors (Lipinski definition) is 4. The largest absolute Gasteiger partial charge is 0.382 e. The van der Waals surface area contributed by atoms with Crippen LogP contribution < -0.4 is 10.9 Å². The molecule has 1 aliphatic rings. The van der Waals surface area contributed by atoms with E-state index >= 15 is 0 Å². The first kappa shape index (κ1) is 23.3. The summed E-state index contributed by atoms with van der Waals surface area (Å²) in [5.74, 6) is 1.03. The third kappa shape index (κ3) is 5.01. The van der Waals surface area contributed by atoms with Crippen LogP contribution in [0.3, 0.4) is 0 Å². The summed E-state index contributed by atoms with van der Waals surface area (Å²) in [6.07, 6.45) is 8.63. The van der Waals surface area contributed by atoms with Crippen LogP contribution in [-0.4, -0.2) is 62.0 Å². The van der Waals surface area contributed by atoms with E-state index < -0.39 is 0 Å². The molecule has 3 aromatic heterocycles. The van der Waals surface area contributed by atoms with Crippen molar-refractivity contribution in [3.63, 3.8) is 0 Å². The van der Waals surface area contributed by atoms with Crippen LogP contribution in [0.4, 0.5) is 5.69 Å². The van der Waals surface area contributed by atoms with Crippen LogP contribution >= 0.6 is 11.6 Å². The molecule has 4 aromatic rings. The maximum atomic E-state index is 12.8. The lowest BCUT2D eigenvalue weighted by Crippen LogP contribution is -2.34. The second-order valence-electron chi connectivity index (χ2n) is 9.04. The summed E-state index contributed by atoms with van der Waals surface area (Å²) < 4.78 is 1.75. The second-order valence-corrected chi connectivity index (χ2v) is 9.48. The van der Waals surface area contributed by atoms with Gasteiger partial charge in [-0.25, -0.2) is 4.98 Å². The van der Waals surface area contributed by atoms with E-state index in [4.69, 9.17) is 22.0 Å². The monoisotopic (exact) mass is 492 g/mol.